The van der Waals surface area contributed by atoms with E-state index in [0.29, 0.717) is 29.3 Å². The molecule has 4 aliphatic rings. The fourth-order valence-corrected chi connectivity index (χ4v) is 8.81. The van der Waals surface area contributed by atoms with E-state index in [1.165, 1.54) is 37.7 Å². The van der Waals surface area contributed by atoms with Crippen molar-refractivity contribution in [1.29, 1.82) is 0 Å². The zero-order valence-corrected chi connectivity index (χ0v) is 19.5. The Kier molecular flexibility index (Phi) is 5.80. The normalized spacial score (nSPS) is 46.9. The molecule has 1 aromatic heterocycles. The van der Waals surface area contributed by atoms with Crippen LogP contribution in [0.1, 0.15) is 96.0 Å². The van der Waals surface area contributed by atoms with Crippen LogP contribution in [-0.2, 0) is 4.74 Å². The standard InChI is InChI=1S/C27H42O4/c1-25-11-7-21(31-15-4-3-14-28)17-20(25)5-6-24-23(25)8-12-26(2)22(9-13-27(24,26)29)19-10-16-30-18-19/h10,16,18,20-24,28-29H,3-9,11-15,17H2,1-2H3/t20?,21?,22?,23-,24-,25+,26-,27-/m1/s1. The van der Waals surface area contributed by atoms with E-state index >= 15 is 0 Å². The Bertz CT molecular complexity index is 746. The number of fused-ring (bicyclic) bond motifs is 5. The van der Waals surface area contributed by atoms with Crippen molar-refractivity contribution in [1.82, 2.24) is 0 Å². The van der Waals surface area contributed by atoms with Crippen LogP contribution in [0, 0.1) is 28.6 Å². The Morgan fingerprint density at radius 3 is 2.68 bits per heavy atom. The van der Waals surface area contributed by atoms with Gasteiger partial charge in [0, 0.05) is 18.6 Å². The summed E-state index contributed by atoms with van der Waals surface area (Å²) in [5.74, 6) is 2.23. The lowest BCUT2D eigenvalue weighted by atomic mass is 9.43. The molecule has 0 spiro atoms. The van der Waals surface area contributed by atoms with Gasteiger partial charge in [-0.15, -0.1) is 0 Å². The average Bonchev–Trinajstić information content (AvgIpc) is 3.37. The maximum Gasteiger partial charge on any atom is 0.0937 e. The summed E-state index contributed by atoms with van der Waals surface area (Å²) >= 11 is 0. The quantitative estimate of drug-likeness (QED) is 0.570. The van der Waals surface area contributed by atoms with Crippen molar-refractivity contribution >= 4 is 0 Å². The molecule has 4 saturated carbocycles. The van der Waals surface area contributed by atoms with Gasteiger partial charge in [0.25, 0.3) is 0 Å². The molecule has 1 heterocycles. The predicted molar refractivity (Wildman–Crippen MR) is 121 cm³/mol. The summed E-state index contributed by atoms with van der Waals surface area (Å²) in [6, 6.07) is 2.12. The highest BCUT2D eigenvalue weighted by molar-refractivity contribution is 5.26. The van der Waals surface area contributed by atoms with E-state index in [2.05, 4.69) is 19.9 Å². The number of hydrogen-bond acceptors (Lipinski definition) is 4. The molecule has 4 aliphatic carbocycles. The highest BCUT2D eigenvalue weighted by atomic mass is 16.5. The van der Waals surface area contributed by atoms with E-state index in [0.717, 1.165) is 51.0 Å². The van der Waals surface area contributed by atoms with Crippen LogP contribution >= 0.6 is 0 Å². The topological polar surface area (TPSA) is 62.8 Å². The van der Waals surface area contributed by atoms with Crippen molar-refractivity contribution < 1.29 is 19.4 Å². The molecule has 0 saturated heterocycles. The van der Waals surface area contributed by atoms with E-state index in [1.54, 1.807) is 6.26 Å². The summed E-state index contributed by atoms with van der Waals surface area (Å²) in [5, 5.41) is 21.3. The highest BCUT2D eigenvalue weighted by Gasteiger charge is 2.67. The Labute approximate surface area is 187 Å². The molecule has 31 heavy (non-hydrogen) atoms. The van der Waals surface area contributed by atoms with Crippen molar-refractivity contribution in [2.24, 2.45) is 28.6 Å². The smallest absolute Gasteiger partial charge is 0.0937 e. The molecule has 8 atom stereocenters. The zero-order chi connectivity index (χ0) is 21.7. The van der Waals surface area contributed by atoms with Crippen LogP contribution < -0.4 is 0 Å². The lowest BCUT2D eigenvalue weighted by Crippen LogP contribution is -2.62. The van der Waals surface area contributed by atoms with Crippen LogP contribution in [-0.4, -0.2) is 35.1 Å². The molecule has 1 aromatic rings. The molecule has 0 radical (unpaired) electrons. The van der Waals surface area contributed by atoms with E-state index in [4.69, 9.17) is 14.3 Å². The molecule has 4 fully saturated rings. The Balaban J connectivity index is 1.31. The molecule has 4 nitrogen and oxygen atoms in total. The Morgan fingerprint density at radius 2 is 1.90 bits per heavy atom. The molecule has 3 unspecified atom stereocenters. The first-order valence-corrected chi connectivity index (χ1v) is 12.9. The third-order valence-corrected chi connectivity index (χ3v) is 10.7. The van der Waals surface area contributed by atoms with E-state index in [-0.39, 0.29) is 12.0 Å². The fourth-order valence-electron chi connectivity index (χ4n) is 8.81. The lowest BCUT2D eigenvalue weighted by molar-refractivity contribution is -0.207. The molecule has 0 aromatic carbocycles. The van der Waals surface area contributed by atoms with E-state index in [9.17, 15) is 5.11 Å². The summed E-state index contributed by atoms with van der Waals surface area (Å²) in [6.07, 6.45) is 16.3. The molecule has 0 bridgehead atoms. The van der Waals surface area contributed by atoms with Crippen molar-refractivity contribution in [2.45, 2.75) is 102 Å². The van der Waals surface area contributed by atoms with Crippen LogP contribution in [0.15, 0.2) is 23.0 Å². The van der Waals surface area contributed by atoms with Gasteiger partial charge in [-0.2, -0.15) is 0 Å². The number of aliphatic hydroxyl groups is 2. The van der Waals surface area contributed by atoms with Crippen LogP contribution in [0.3, 0.4) is 0 Å². The van der Waals surface area contributed by atoms with E-state index in [1.807, 2.05) is 6.26 Å². The largest absolute Gasteiger partial charge is 0.472 e. The number of aliphatic hydroxyl groups excluding tert-OH is 1. The fraction of sp³-hybridized carbons (Fsp3) is 0.852. The molecule has 174 valence electrons. The third kappa shape index (κ3) is 3.35. The van der Waals surface area contributed by atoms with Crippen LogP contribution in [0.2, 0.25) is 0 Å². The Hall–Kier alpha value is -0.840. The zero-order valence-electron chi connectivity index (χ0n) is 19.5. The van der Waals surface area contributed by atoms with E-state index < -0.39 is 5.60 Å². The van der Waals surface area contributed by atoms with Gasteiger partial charge in [-0.3, -0.25) is 0 Å². The van der Waals surface area contributed by atoms with Gasteiger partial charge in [0.05, 0.1) is 24.2 Å². The number of ether oxygens (including phenoxy) is 1. The molecular weight excluding hydrogens is 388 g/mol. The minimum absolute atomic E-state index is 0.0335. The Morgan fingerprint density at radius 1 is 1.03 bits per heavy atom. The summed E-state index contributed by atoms with van der Waals surface area (Å²) in [7, 11) is 0. The molecule has 5 rings (SSSR count). The lowest BCUT2D eigenvalue weighted by Gasteiger charge is -2.63. The van der Waals surface area contributed by atoms with Crippen molar-refractivity contribution in [3.05, 3.63) is 24.2 Å². The second kappa shape index (κ2) is 8.18. The van der Waals surface area contributed by atoms with Gasteiger partial charge in [-0.25, -0.2) is 0 Å². The van der Waals surface area contributed by atoms with Crippen molar-refractivity contribution in [3.63, 3.8) is 0 Å². The summed E-state index contributed by atoms with van der Waals surface area (Å²) in [4.78, 5) is 0. The molecule has 2 N–H and O–H groups in total. The minimum Gasteiger partial charge on any atom is -0.472 e. The van der Waals surface area contributed by atoms with Gasteiger partial charge in [0.15, 0.2) is 0 Å². The number of rotatable bonds is 6. The van der Waals surface area contributed by atoms with Gasteiger partial charge in [0.1, 0.15) is 0 Å². The summed E-state index contributed by atoms with van der Waals surface area (Å²) < 4.78 is 11.6. The van der Waals surface area contributed by atoms with Crippen LogP contribution in [0.25, 0.3) is 0 Å². The maximum absolute atomic E-state index is 12.3. The van der Waals surface area contributed by atoms with Gasteiger partial charge in [-0.05, 0) is 111 Å². The number of unbranched alkanes of at least 4 members (excludes halogenated alkanes) is 1. The first-order chi connectivity index (χ1) is 14.9. The average molecular weight is 431 g/mol. The first kappa shape index (κ1) is 22.0. The number of furan rings is 1. The van der Waals surface area contributed by atoms with Gasteiger partial charge >= 0.3 is 0 Å². The summed E-state index contributed by atoms with van der Waals surface area (Å²) in [5.41, 5.74) is 1.06. The van der Waals surface area contributed by atoms with Crippen LogP contribution in [0.5, 0.6) is 0 Å². The van der Waals surface area contributed by atoms with Gasteiger partial charge in [0.2, 0.25) is 0 Å². The molecule has 4 heteroatoms. The predicted octanol–water partition coefficient (Wildman–Crippen LogP) is 5.68. The van der Waals surface area contributed by atoms with Gasteiger partial charge in [-0.1, -0.05) is 13.8 Å². The van der Waals surface area contributed by atoms with Crippen molar-refractivity contribution in [3.8, 4) is 0 Å². The maximum atomic E-state index is 12.3. The second-order valence-electron chi connectivity index (χ2n) is 11.7. The minimum atomic E-state index is -0.538. The SMILES string of the molecule is C[C@]12CCC(OCCCCO)CC1CC[C@@H]1[C@H]2CC[C@]2(C)C(c3ccoc3)CC[C@@]12O. The van der Waals surface area contributed by atoms with Crippen molar-refractivity contribution in [2.75, 3.05) is 13.2 Å². The molecule has 0 aliphatic heterocycles. The van der Waals surface area contributed by atoms with Crippen LogP contribution in [0.4, 0.5) is 0 Å². The number of hydrogen-bond donors (Lipinski definition) is 2. The molecule has 0 amide bonds. The second-order valence-corrected chi connectivity index (χ2v) is 11.7. The highest BCUT2D eigenvalue weighted by Crippen LogP contribution is 2.70. The van der Waals surface area contributed by atoms with Gasteiger partial charge < -0.3 is 19.4 Å². The monoisotopic (exact) mass is 430 g/mol. The third-order valence-electron chi connectivity index (χ3n) is 10.7. The molecular formula is C27H42O4. The summed E-state index contributed by atoms with van der Waals surface area (Å²) in [6.45, 7) is 5.97. The first-order valence-electron chi connectivity index (χ1n) is 12.9.